The predicted molar refractivity (Wildman–Crippen MR) is 137 cm³/mol. The molecule has 3 N–H and O–H groups in total. The van der Waals surface area contributed by atoms with Gasteiger partial charge in [-0.15, -0.1) is 0 Å². The average Bonchev–Trinajstić information content (AvgIpc) is 3.27. The summed E-state index contributed by atoms with van der Waals surface area (Å²) in [6.45, 7) is 5.48. The van der Waals surface area contributed by atoms with Crippen molar-refractivity contribution in [2.45, 2.75) is 57.2 Å². The van der Waals surface area contributed by atoms with E-state index in [1.54, 1.807) is 0 Å². The lowest BCUT2D eigenvalue weighted by Gasteiger charge is -2.27. The number of aliphatic hydroxyl groups is 2. The van der Waals surface area contributed by atoms with Crippen molar-refractivity contribution in [3.63, 3.8) is 0 Å². The van der Waals surface area contributed by atoms with Crippen LogP contribution in [-0.4, -0.2) is 75.2 Å². The van der Waals surface area contributed by atoms with Crippen LogP contribution >= 0.6 is 0 Å². The Morgan fingerprint density at radius 1 is 1.03 bits per heavy atom. The number of ether oxygens (including phenoxy) is 1. The topological polar surface area (TPSA) is 95.7 Å². The Morgan fingerprint density at radius 3 is 2.54 bits per heavy atom. The van der Waals surface area contributed by atoms with Gasteiger partial charge in [-0.1, -0.05) is 24.3 Å². The first kappa shape index (κ1) is 24.2. The van der Waals surface area contributed by atoms with E-state index >= 15 is 0 Å². The molecule has 0 atom stereocenters. The number of unbranched alkanes of at least 4 members (excludes halogenated alkanes) is 1. The molecular weight excluding hydrogens is 442 g/mol. The minimum absolute atomic E-state index is 0.190. The molecule has 3 aromatic rings. The molecule has 8 heteroatoms. The molecule has 0 spiro atoms. The number of hydrogen-bond acceptors (Lipinski definition) is 7. The molecule has 1 aliphatic carbocycles. The first-order valence-corrected chi connectivity index (χ1v) is 13.0. The van der Waals surface area contributed by atoms with Crippen LogP contribution in [0.3, 0.4) is 0 Å². The average molecular weight is 480 g/mol. The molecule has 0 bridgehead atoms. The van der Waals surface area contributed by atoms with Crippen molar-refractivity contribution < 1.29 is 14.9 Å². The highest BCUT2D eigenvalue weighted by atomic mass is 16.5. The number of rotatable bonds is 9. The van der Waals surface area contributed by atoms with Crippen LogP contribution in [0.25, 0.3) is 22.2 Å². The van der Waals surface area contributed by atoms with Crippen LogP contribution in [0.2, 0.25) is 0 Å². The molecule has 2 fully saturated rings. The van der Waals surface area contributed by atoms with E-state index in [2.05, 4.69) is 50.2 Å². The molecule has 8 nitrogen and oxygen atoms in total. The van der Waals surface area contributed by atoms with Gasteiger partial charge in [0.25, 0.3) is 0 Å². The number of aliphatic hydroxyl groups excluding tert-OH is 2. The molecule has 1 saturated carbocycles. The highest BCUT2D eigenvalue weighted by Gasteiger charge is 2.24. The summed E-state index contributed by atoms with van der Waals surface area (Å²) in [7, 11) is 0. The minimum atomic E-state index is -0.190. The van der Waals surface area contributed by atoms with Crippen LogP contribution in [0.4, 0.5) is 5.95 Å². The number of aromatic nitrogens is 3. The van der Waals surface area contributed by atoms with E-state index in [-0.39, 0.29) is 12.7 Å². The van der Waals surface area contributed by atoms with Crippen LogP contribution in [0, 0.1) is 0 Å². The van der Waals surface area contributed by atoms with Crippen molar-refractivity contribution >= 4 is 17.0 Å². The lowest BCUT2D eigenvalue weighted by atomic mass is 9.93. The Kier molecular flexibility index (Phi) is 7.93. The maximum absolute atomic E-state index is 10.0. The van der Waals surface area contributed by atoms with Gasteiger partial charge in [-0.05, 0) is 49.7 Å². The number of fused-ring (bicyclic) bond motifs is 1. The second kappa shape index (κ2) is 11.5. The van der Waals surface area contributed by atoms with Gasteiger partial charge in [-0.2, -0.15) is 4.98 Å². The molecule has 1 saturated heterocycles. The van der Waals surface area contributed by atoms with E-state index < -0.39 is 0 Å². The lowest BCUT2D eigenvalue weighted by Crippen LogP contribution is -2.35. The normalized spacial score (nSPS) is 21.4. The van der Waals surface area contributed by atoms with Gasteiger partial charge < -0.3 is 24.8 Å². The second-order valence-corrected chi connectivity index (χ2v) is 9.79. The van der Waals surface area contributed by atoms with Gasteiger partial charge in [0, 0.05) is 62.2 Å². The van der Waals surface area contributed by atoms with Crippen LogP contribution in [0.15, 0.2) is 36.7 Å². The fourth-order valence-electron chi connectivity index (χ4n) is 5.20. The van der Waals surface area contributed by atoms with Crippen molar-refractivity contribution in [3.05, 3.63) is 42.2 Å². The zero-order valence-corrected chi connectivity index (χ0v) is 20.4. The summed E-state index contributed by atoms with van der Waals surface area (Å²) in [5, 5.41) is 23.4. The van der Waals surface area contributed by atoms with E-state index in [4.69, 9.17) is 14.8 Å². The summed E-state index contributed by atoms with van der Waals surface area (Å²) in [6, 6.07) is 9.19. The molecule has 1 aromatic carbocycles. The van der Waals surface area contributed by atoms with E-state index in [9.17, 15) is 5.11 Å². The first-order chi connectivity index (χ1) is 17.2. The molecule has 188 valence electrons. The van der Waals surface area contributed by atoms with Crippen LogP contribution in [-0.2, 0) is 11.3 Å². The smallest absolute Gasteiger partial charge is 0.224 e. The zero-order chi connectivity index (χ0) is 24.0. The van der Waals surface area contributed by atoms with E-state index in [0.29, 0.717) is 12.0 Å². The van der Waals surface area contributed by atoms with Gasteiger partial charge in [0.15, 0.2) is 0 Å². The van der Waals surface area contributed by atoms with Crippen molar-refractivity contribution in [1.29, 1.82) is 0 Å². The highest BCUT2D eigenvalue weighted by Crippen LogP contribution is 2.36. The summed E-state index contributed by atoms with van der Waals surface area (Å²) in [5.74, 6) is 0.623. The standard InChI is InChI=1S/C27H37N5O3/c33-14-2-1-11-28-27-29-17-24-25(19-32(26(24)30-27)22-7-9-23(34)10-8-22)21-5-3-20(4-6-21)18-31-12-15-35-16-13-31/h3-6,17,19,22-23,33-34H,1-2,7-16,18H2,(H,28,29,30)/t22-,23-. The van der Waals surface area contributed by atoms with E-state index in [1.165, 1.54) is 11.1 Å². The van der Waals surface area contributed by atoms with Crippen molar-refractivity contribution in [2.24, 2.45) is 0 Å². The van der Waals surface area contributed by atoms with Crippen molar-refractivity contribution in [1.82, 2.24) is 19.4 Å². The third-order valence-electron chi connectivity index (χ3n) is 7.27. The molecule has 2 aromatic heterocycles. The van der Waals surface area contributed by atoms with Gasteiger partial charge in [0.2, 0.25) is 5.95 Å². The van der Waals surface area contributed by atoms with Gasteiger partial charge in [-0.3, -0.25) is 4.90 Å². The third-order valence-corrected chi connectivity index (χ3v) is 7.27. The van der Waals surface area contributed by atoms with Gasteiger partial charge >= 0.3 is 0 Å². The predicted octanol–water partition coefficient (Wildman–Crippen LogP) is 3.59. The number of benzene rings is 1. The number of hydrogen-bond donors (Lipinski definition) is 3. The Balaban J connectivity index is 1.41. The Labute approximate surface area is 207 Å². The Bertz CT molecular complexity index is 1090. The van der Waals surface area contributed by atoms with Crippen molar-refractivity contribution in [2.75, 3.05) is 44.8 Å². The summed E-state index contributed by atoms with van der Waals surface area (Å²) in [4.78, 5) is 11.9. The Morgan fingerprint density at radius 2 is 1.80 bits per heavy atom. The molecule has 0 amide bonds. The number of nitrogens with one attached hydrogen (secondary N) is 1. The molecule has 35 heavy (non-hydrogen) atoms. The minimum Gasteiger partial charge on any atom is -0.396 e. The van der Waals surface area contributed by atoms with Crippen LogP contribution in [0.1, 0.15) is 50.1 Å². The van der Waals surface area contributed by atoms with Crippen LogP contribution in [0.5, 0.6) is 0 Å². The zero-order valence-electron chi connectivity index (χ0n) is 20.4. The largest absolute Gasteiger partial charge is 0.396 e. The van der Waals surface area contributed by atoms with Crippen LogP contribution < -0.4 is 5.32 Å². The molecular formula is C27H37N5O3. The Hall–Kier alpha value is -2.52. The second-order valence-electron chi connectivity index (χ2n) is 9.79. The molecule has 3 heterocycles. The molecule has 5 rings (SSSR count). The SMILES string of the molecule is OCCCCNc1ncc2c(-c3ccc(CN4CCOCC4)cc3)cn([C@H]3CC[C@H](O)CC3)c2n1. The molecule has 0 unspecified atom stereocenters. The summed E-state index contributed by atoms with van der Waals surface area (Å²) in [5.41, 5.74) is 4.57. The number of nitrogens with zero attached hydrogens (tertiary/aromatic N) is 4. The lowest BCUT2D eigenvalue weighted by molar-refractivity contribution is 0.0342. The highest BCUT2D eigenvalue weighted by molar-refractivity contribution is 5.94. The maximum Gasteiger partial charge on any atom is 0.224 e. The molecule has 1 aliphatic heterocycles. The van der Waals surface area contributed by atoms with Gasteiger partial charge in [0.1, 0.15) is 5.65 Å². The quantitative estimate of drug-likeness (QED) is 0.404. The van der Waals surface area contributed by atoms with Crippen molar-refractivity contribution in [3.8, 4) is 11.1 Å². The molecule has 0 radical (unpaired) electrons. The van der Waals surface area contributed by atoms with E-state index in [1.807, 2.05) is 6.20 Å². The third kappa shape index (κ3) is 5.83. The van der Waals surface area contributed by atoms with E-state index in [0.717, 1.165) is 94.5 Å². The van der Waals surface area contributed by atoms with Gasteiger partial charge in [0.05, 0.1) is 19.3 Å². The summed E-state index contributed by atoms with van der Waals surface area (Å²) in [6.07, 6.45) is 9.17. The monoisotopic (exact) mass is 479 g/mol. The fourth-order valence-corrected chi connectivity index (χ4v) is 5.20. The summed E-state index contributed by atoms with van der Waals surface area (Å²) < 4.78 is 7.77. The first-order valence-electron chi connectivity index (χ1n) is 13.0. The number of morpholine rings is 1. The number of anilines is 1. The maximum atomic E-state index is 10.0. The fraction of sp³-hybridized carbons (Fsp3) is 0.556. The molecule has 2 aliphatic rings. The van der Waals surface area contributed by atoms with Gasteiger partial charge in [-0.25, -0.2) is 4.98 Å². The summed E-state index contributed by atoms with van der Waals surface area (Å²) >= 11 is 0.